The molecule has 2 heterocycles. The second-order valence-corrected chi connectivity index (χ2v) is 5.09. The molecule has 0 radical (unpaired) electrons. The Labute approximate surface area is 114 Å². The summed E-state index contributed by atoms with van der Waals surface area (Å²) in [5.74, 6) is 0.712. The third-order valence-electron chi connectivity index (χ3n) is 2.88. The summed E-state index contributed by atoms with van der Waals surface area (Å²) >= 11 is 11.9. The van der Waals surface area contributed by atoms with Gasteiger partial charge < -0.3 is 5.32 Å². The number of nitrogens with one attached hydrogen (secondary N) is 1. The van der Waals surface area contributed by atoms with Gasteiger partial charge in [0.25, 0.3) is 0 Å². The molecule has 1 aliphatic heterocycles. The molecule has 1 aromatic carbocycles. The molecule has 0 spiro atoms. The molecule has 5 nitrogen and oxygen atoms in total. The molecular weight excluding hydrogens is 273 g/mol. The average molecular weight is 284 g/mol. The molecule has 18 heavy (non-hydrogen) atoms. The van der Waals surface area contributed by atoms with E-state index in [4.69, 9.17) is 23.2 Å². The van der Waals surface area contributed by atoms with Crippen molar-refractivity contribution in [3.05, 3.63) is 34.1 Å². The minimum atomic E-state index is 0.202. The summed E-state index contributed by atoms with van der Waals surface area (Å²) in [6.07, 6.45) is 2.18. The van der Waals surface area contributed by atoms with Gasteiger partial charge >= 0.3 is 0 Å². The standard InChI is InChI=1S/C11H11Cl2N5/c12-7-4-8(13)6-9(5-7)18-16-11(15-17-18)10-2-1-3-14-10/h4-6,10,14H,1-3H2. The molecule has 1 aliphatic rings. The smallest absolute Gasteiger partial charge is 0.192 e. The number of halogens is 2. The van der Waals surface area contributed by atoms with Crippen LogP contribution in [0, 0.1) is 0 Å². The van der Waals surface area contributed by atoms with Crippen molar-refractivity contribution in [3.63, 3.8) is 0 Å². The van der Waals surface area contributed by atoms with Crippen molar-refractivity contribution in [2.24, 2.45) is 0 Å². The molecule has 1 unspecified atom stereocenters. The Kier molecular flexibility index (Phi) is 3.20. The summed E-state index contributed by atoms with van der Waals surface area (Å²) in [6, 6.07) is 5.37. The Hall–Kier alpha value is -1.17. The highest BCUT2D eigenvalue weighted by atomic mass is 35.5. The van der Waals surface area contributed by atoms with Crippen molar-refractivity contribution < 1.29 is 0 Å². The van der Waals surface area contributed by atoms with Gasteiger partial charge in [-0.2, -0.15) is 0 Å². The van der Waals surface area contributed by atoms with Gasteiger partial charge in [-0.25, -0.2) is 0 Å². The number of nitrogens with zero attached hydrogens (tertiary/aromatic N) is 4. The van der Waals surface area contributed by atoms with E-state index in [0.29, 0.717) is 21.6 Å². The number of aromatic nitrogens is 4. The minimum absolute atomic E-state index is 0.202. The quantitative estimate of drug-likeness (QED) is 0.920. The van der Waals surface area contributed by atoms with Crippen LogP contribution in [0.2, 0.25) is 10.0 Å². The van der Waals surface area contributed by atoms with E-state index in [9.17, 15) is 0 Å². The molecule has 1 N–H and O–H groups in total. The molecule has 1 fully saturated rings. The fraction of sp³-hybridized carbons (Fsp3) is 0.364. The molecule has 1 atom stereocenters. The number of hydrogen-bond donors (Lipinski definition) is 1. The summed E-state index contributed by atoms with van der Waals surface area (Å²) in [5.41, 5.74) is 0.712. The van der Waals surface area contributed by atoms with Gasteiger partial charge in [0, 0.05) is 10.0 Å². The Morgan fingerprint density at radius 2 is 2.00 bits per heavy atom. The lowest BCUT2D eigenvalue weighted by molar-refractivity contribution is 0.602. The first-order valence-corrected chi connectivity index (χ1v) is 6.48. The van der Waals surface area contributed by atoms with Gasteiger partial charge in [-0.05, 0) is 42.8 Å². The Morgan fingerprint density at radius 3 is 2.67 bits per heavy atom. The largest absolute Gasteiger partial charge is 0.307 e. The van der Waals surface area contributed by atoms with Gasteiger partial charge in [0.15, 0.2) is 5.82 Å². The second kappa shape index (κ2) is 4.84. The maximum Gasteiger partial charge on any atom is 0.192 e. The third-order valence-corrected chi connectivity index (χ3v) is 3.32. The number of rotatable bonds is 2. The van der Waals surface area contributed by atoms with E-state index < -0.39 is 0 Å². The van der Waals surface area contributed by atoms with Crippen LogP contribution in [0.4, 0.5) is 0 Å². The van der Waals surface area contributed by atoms with Crippen LogP contribution in [0.3, 0.4) is 0 Å². The molecule has 0 aliphatic carbocycles. The lowest BCUT2D eigenvalue weighted by Crippen LogP contribution is -2.14. The number of hydrogen-bond acceptors (Lipinski definition) is 4. The maximum absolute atomic E-state index is 5.95. The zero-order chi connectivity index (χ0) is 12.5. The van der Waals surface area contributed by atoms with Gasteiger partial charge in [-0.15, -0.1) is 15.0 Å². The van der Waals surface area contributed by atoms with Crippen molar-refractivity contribution in [1.29, 1.82) is 0 Å². The van der Waals surface area contributed by atoms with Gasteiger partial charge in [-0.1, -0.05) is 23.2 Å². The fourth-order valence-corrected chi connectivity index (χ4v) is 2.55. The van der Waals surface area contributed by atoms with Gasteiger partial charge in [0.1, 0.15) is 0 Å². The van der Waals surface area contributed by atoms with Gasteiger partial charge in [0.05, 0.1) is 11.7 Å². The van der Waals surface area contributed by atoms with Crippen LogP contribution in [0.5, 0.6) is 0 Å². The van der Waals surface area contributed by atoms with E-state index in [-0.39, 0.29) is 6.04 Å². The summed E-state index contributed by atoms with van der Waals surface area (Å²) in [7, 11) is 0. The van der Waals surface area contributed by atoms with E-state index in [0.717, 1.165) is 19.4 Å². The number of benzene rings is 1. The molecule has 7 heteroatoms. The lowest BCUT2D eigenvalue weighted by atomic mass is 10.2. The molecule has 0 bridgehead atoms. The first kappa shape index (κ1) is 11.9. The van der Waals surface area contributed by atoms with Crippen molar-refractivity contribution >= 4 is 23.2 Å². The van der Waals surface area contributed by atoms with Gasteiger partial charge in [0.2, 0.25) is 0 Å². The maximum atomic E-state index is 5.95. The summed E-state index contributed by atoms with van der Waals surface area (Å²) in [6.45, 7) is 1.00. The van der Waals surface area contributed by atoms with E-state index in [1.807, 2.05) is 0 Å². The highest BCUT2D eigenvalue weighted by molar-refractivity contribution is 6.34. The van der Waals surface area contributed by atoms with Gasteiger partial charge in [-0.3, -0.25) is 0 Å². The summed E-state index contributed by atoms with van der Waals surface area (Å²) in [4.78, 5) is 1.45. The van der Waals surface area contributed by atoms with Crippen LogP contribution in [-0.2, 0) is 0 Å². The molecule has 3 rings (SSSR count). The normalized spacial score (nSPS) is 19.3. The van der Waals surface area contributed by atoms with Crippen molar-refractivity contribution in [3.8, 4) is 5.69 Å². The Balaban J connectivity index is 1.92. The average Bonchev–Trinajstić information content (AvgIpc) is 2.99. The predicted molar refractivity (Wildman–Crippen MR) is 69.2 cm³/mol. The monoisotopic (exact) mass is 283 g/mol. The zero-order valence-electron chi connectivity index (χ0n) is 9.48. The van der Waals surface area contributed by atoms with E-state index in [2.05, 4.69) is 20.7 Å². The van der Waals surface area contributed by atoms with Crippen LogP contribution in [0.1, 0.15) is 24.7 Å². The second-order valence-electron chi connectivity index (χ2n) is 4.21. The van der Waals surface area contributed by atoms with E-state index in [1.165, 1.54) is 4.80 Å². The highest BCUT2D eigenvalue weighted by Gasteiger charge is 2.21. The first-order valence-electron chi connectivity index (χ1n) is 5.72. The van der Waals surface area contributed by atoms with Crippen LogP contribution in [-0.4, -0.2) is 26.8 Å². The molecular formula is C11H11Cl2N5. The van der Waals surface area contributed by atoms with E-state index >= 15 is 0 Å². The fourth-order valence-electron chi connectivity index (χ4n) is 2.03. The topological polar surface area (TPSA) is 55.6 Å². The minimum Gasteiger partial charge on any atom is -0.307 e. The summed E-state index contributed by atoms with van der Waals surface area (Å²) in [5, 5.41) is 16.9. The van der Waals surface area contributed by atoms with Crippen LogP contribution >= 0.6 is 23.2 Å². The van der Waals surface area contributed by atoms with Crippen LogP contribution in [0.25, 0.3) is 5.69 Å². The van der Waals surface area contributed by atoms with Crippen LogP contribution < -0.4 is 5.32 Å². The van der Waals surface area contributed by atoms with Crippen molar-refractivity contribution in [2.45, 2.75) is 18.9 Å². The third kappa shape index (κ3) is 2.34. The number of tetrazole rings is 1. The molecule has 1 aromatic heterocycles. The SMILES string of the molecule is Clc1cc(Cl)cc(-n2nnc(C3CCCN3)n2)c1. The molecule has 0 amide bonds. The van der Waals surface area contributed by atoms with Crippen LogP contribution in [0.15, 0.2) is 18.2 Å². The Morgan fingerprint density at radius 1 is 1.22 bits per heavy atom. The predicted octanol–water partition coefficient (Wildman–Crippen LogP) is 2.39. The molecule has 2 aromatic rings. The zero-order valence-corrected chi connectivity index (χ0v) is 11.0. The van der Waals surface area contributed by atoms with Crippen molar-refractivity contribution in [2.75, 3.05) is 6.54 Å². The molecule has 1 saturated heterocycles. The first-order chi connectivity index (χ1) is 8.72. The molecule has 0 saturated carbocycles. The van der Waals surface area contributed by atoms with E-state index in [1.54, 1.807) is 18.2 Å². The summed E-state index contributed by atoms with van der Waals surface area (Å²) < 4.78 is 0. The van der Waals surface area contributed by atoms with Crippen molar-refractivity contribution in [1.82, 2.24) is 25.5 Å². The molecule has 94 valence electrons. The lowest BCUT2D eigenvalue weighted by Gasteiger charge is -2.03. The Bertz CT molecular complexity index is 542. The highest BCUT2D eigenvalue weighted by Crippen LogP contribution is 2.22.